The Labute approximate surface area is 126 Å². The molecule has 2 aromatic heterocycles. The number of nitrogens with zero attached hydrogens (tertiary/aromatic N) is 4. The number of carbonyl (C=O) groups excluding carboxylic acids is 1. The fourth-order valence-electron chi connectivity index (χ4n) is 1.69. The highest BCUT2D eigenvalue weighted by Crippen LogP contribution is 2.14. The number of amides is 1. The molecule has 0 aromatic carbocycles. The highest BCUT2D eigenvalue weighted by molar-refractivity contribution is 7.98. The molecule has 0 spiro atoms. The van der Waals surface area contributed by atoms with E-state index in [0.29, 0.717) is 17.3 Å². The van der Waals surface area contributed by atoms with Crippen LogP contribution in [0, 0.1) is 6.92 Å². The molecule has 2 heterocycles. The van der Waals surface area contributed by atoms with E-state index < -0.39 is 0 Å². The molecule has 0 fully saturated rings. The Balaban J connectivity index is 1.95. The standard InChI is InChI=1S/C13H16N4OS2/c1-9-11(20-8-16-9)4-5-17(2)12(18)10-6-14-13(19-3)15-7-10/h6-8H,4-5H2,1-3H3. The van der Waals surface area contributed by atoms with Gasteiger partial charge >= 0.3 is 0 Å². The summed E-state index contributed by atoms with van der Waals surface area (Å²) >= 11 is 3.08. The number of carbonyl (C=O) groups is 1. The van der Waals surface area contributed by atoms with Crippen LogP contribution in [0.1, 0.15) is 20.9 Å². The van der Waals surface area contributed by atoms with E-state index >= 15 is 0 Å². The summed E-state index contributed by atoms with van der Waals surface area (Å²) in [6.07, 6.45) is 5.88. The second kappa shape index (κ2) is 6.81. The van der Waals surface area contributed by atoms with Crippen molar-refractivity contribution in [2.45, 2.75) is 18.5 Å². The van der Waals surface area contributed by atoms with E-state index in [9.17, 15) is 4.79 Å². The summed E-state index contributed by atoms with van der Waals surface area (Å²) in [5, 5.41) is 0.671. The minimum atomic E-state index is -0.0557. The fraction of sp³-hybridized carbons (Fsp3) is 0.385. The Morgan fingerprint density at radius 2 is 2.05 bits per heavy atom. The number of rotatable bonds is 5. The van der Waals surface area contributed by atoms with E-state index in [1.54, 1.807) is 35.7 Å². The monoisotopic (exact) mass is 308 g/mol. The maximum atomic E-state index is 12.2. The third kappa shape index (κ3) is 3.55. The summed E-state index contributed by atoms with van der Waals surface area (Å²) in [7, 11) is 1.79. The first kappa shape index (κ1) is 14.9. The molecular formula is C13H16N4OS2. The predicted octanol–water partition coefficient (Wildman–Crippen LogP) is 2.28. The zero-order valence-electron chi connectivity index (χ0n) is 11.7. The van der Waals surface area contributed by atoms with Gasteiger partial charge in [0.05, 0.1) is 16.8 Å². The molecule has 0 N–H and O–H groups in total. The van der Waals surface area contributed by atoms with Gasteiger partial charge in [-0.15, -0.1) is 11.3 Å². The molecule has 0 bridgehead atoms. The first-order valence-electron chi connectivity index (χ1n) is 6.12. The van der Waals surface area contributed by atoms with Crippen LogP contribution in [0.4, 0.5) is 0 Å². The summed E-state index contributed by atoms with van der Waals surface area (Å²) in [5.74, 6) is -0.0557. The van der Waals surface area contributed by atoms with Crippen molar-refractivity contribution in [1.29, 1.82) is 0 Å². The summed E-state index contributed by atoms with van der Waals surface area (Å²) in [5.41, 5.74) is 3.40. The predicted molar refractivity (Wildman–Crippen MR) is 81.3 cm³/mol. The molecule has 2 rings (SSSR count). The number of thiazole rings is 1. The Morgan fingerprint density at radius 3 is 2.60 bits per heavy atom. The normalized spacial score (nSPS) is 10.6. The van der Waals surface area contributed by atoms with E-state index in [0.717, 1.165) is 12.1 Å². The molecule has 0 aliphatic carbocycles. The maximum Gasteiger partial charge on any atom is 0.256 e. The van der Waals surface area contributed by atoms with E-state index in [4.69, 9.17) is 0 Å². The Hall–Kier alpha value is -1.47. The van der Waals surface area contributed by atoms with Gasteiger partial charge in [-0.05, 0) is 13.2 Å². The van der Waals surface area contributed by atoms with Crippen molar-refractivity contribution in [2.24, 2.45) is 0 Å². The van der Waals surface area contributed by atoms with E-state index in [-0.39, 0.29) is 5.91 Å². The number of thioether (sulfide) groups is 1. The average molecular weight is 308 g/mol. The van der Waals surface area contributed by atoms with E-state index in [1.165, 1.54) is 16.6 Å². The SMILES string of the molecule is CSc1ncc(C(=O)N(C)CCc2scnc2C)cn1. The molecule has 0 atom stereocenters. The molecular weight excluding hydrogens is 292 g/mol. The van der Waals surface area contributed by atoms with Gasteiger partial charge in [-0.1, -0.05) is 11.8 Å². The van der Waals surface area contributed by atoms with Gasteiger partial charge in [0.1, 0.15) is 0 Å². The minimum Gasteiger partial charge on any atom is -0.341 e. The zero-order chi connectivity index (χ0) is 14.5. The second-order valence-corrected chi connectivity index (χ2v) is 6.01. The number of hydrogen-bond donors (Lipinski definition) is 0. The molecule has 0 saturated heterocycles. The van der Waals surface area contributed by atoms with Crippen molar-refractivity contribution < 1.29 is 4.79 Å². The molecule has 5 nitrogen and oxygen atoms in total. The lowest BCUT2D eigenvalue weighted by molar-refractivity contribution is 0.0795. The summed E-state index contributed by atoms with van der Waals surface area (Å²) < 4.78 is 0. The smallest absolute Gasteiger partial charge is 0.256 e. The Bertz CT molecular complexity index is 582. The van der Waals surface area contributed by atoms with Gasteiger partial charge in [0.15, 0.2) is 5.16 Å². The largest absolute Gasteiger partial charge is 0.341 e. The van der Waals surface area contributed by atoms with Crippen LogP contribution in [-0.2, 0) is 6.42 Å². The highest BCUT2D eigenvalue weighted by atomic mass is 32.2. The van der Waals surface area contributed by atoms with Gasteiger partial charge in [-0.25, -0.2) is 15.0 Å². The molecule has 2 aromatic rings. The third-order valence-electron chi connectivity index (χ3n) is 2.92. The summed E-state index contributed by atoms with van der Waals surface area (Å²) in [6.45, 7) is 2.65. The van der Waals surface area contributed by atoms with Crippen molar-refractivity contribution >= 4 is 29.0 Å². The summed E-state index contributed by atoms with van der Waals surface area (Å²) in [4.78, 5) is 27.6. The first-order valence-corrected chi connectivity index (χ1v) is 8.22. The van der Waals surface area contributed by atoms with Crippen LogP contribution >= 0.6 is 23.1 Å². The molecule has 0 aliphatic rings. The van der Waals surface area contributed by atoms with Gasteiger partial charge in [-0.2, -0.15) is 0 Å². The van der Waals surface area contributed by atoms with Crippen LogP contribution < -0.4 is 0 Å². The summed E-state index contributed by atoms with van der Waals surface area (Å²) in [6, 6.07) is 0. The van der Waals surface area contributed by atoms with Gasteiger partial charge in [0.25, 0.3) is 5.91 Å². The lowest BCUT2D eigenvalue weighted by atomic mass is 10.2. The van der Waals surface area contributed by atoms with Gasteiger partial charge in [0.2, 0.25) is 0 Å². The lowest BCUT2D eigenvalue weighted by Crippen LogP contribution is -2.29. The highest BCUT2D eigenvalue weighted by Gasteiger charge is 2.13. The molecule has 106 valence electrons. The van der Waals surface area contributed by atoms with Crippen molar-refractivity contribution in [3.8, 4) is 0 Å². The number of aromatic nitrogens is 3. The van der Waals surface area contributed by atoms with Crippen LogP contribution in [-0.4, -0.2) is 45.6 Å². The van der Waals surface area contributed by atoms with Crippen LogP contribution in [0.3, 0.4) is 0 Å². The van der Waals surface area contributed by atoms with Crippen LogP contribution in [0.2, 0.25) is 0 Å². The second-order valence-electron chi connectivity index (χ2n) is 4.30. The lowest BCUT2D eigenvalue weighted by Gasteiger charge is -2.16. The molecule has 0 aliphatic heterocycles. The molecule has 0 radical (unpaired) electrons. The van der Waals surface area contributed by atoms with E-state index in [2.05, 4.69) is 15.0 Å². The molecule has 0 saturated carbocycles. The number of aryl methyl sites for hydroxylation is 1. The fourth-order valence-corrected chi connectivity index (χ4v) is 2.78. The third-order valence-corrected chi connectivity index (χ3v) is 4.49. The Kier molecular flexibility index (Phi) is 5.08. The van der Waals surface area contributed by atoms with Gasteiger partial charge < -0.3 is 4.90 Å². The Morgan fingerprint density at radius 1 is 1.35 bits per heavy atom. The van der Waals surface area contributed by atoms with Crippen LogP contribution in [0.5, 0.6) is 0 Å². The first-order chi connectivity index (χ1) is 9.61. The molecule has 0 unspecified atom stereocenters. The van der Waals surface area contributed by atoms with Gasteiger partial charge in [0, 0.05) is 37.3 Å². The molecule has 1 amide bonds. The van der Waals surface area contributed by atoms with Gasteiger partial charge in [-0.3, -0.25) is 4.79 Å². The van der Waals surface area contributed by atoms with E-state index in [1.807, 2.05) is 18.7 Å². The number of likely N-dealkylation sites (N-methyl/N-ethyl adjacent to an activating group) is 1. The number of hydrogen-bond acceptors (Lipinski definition) is 6. The van der Waals surface area contributed by atoms with Crippen molar-refractivity contribution in [2.75, 3.05) is 19.8 Å². The molecule has 7 heteroatoms. The van der Waals surface area contributed by atoms with Crippen molar-refractivity contribution in [1.82, 2.24) is 19.9 Å². The quantitative estimate of drug-likeness (QED) is 0.626. The topological polar surface area (TPSA) is 59.0 Å². The van der Waals surface area contributed by atoms with Crippen LogP contribution in [0.25, 0.3) is 0 Å². The molecule has 20 heavy (non-hydrogen) atoms. The maximum absolute atomic E-state index is 12.2. The van der Waals surface area contributed by atoms with Crippen molar-refractivity contribution in [3.63, 3.8) is 0 Å². The average Bonchev–Trinajstić information content (AvgIpc) is 2.89. The minimum absolute atomic E-state index is 0.0557. The van der Waals surface area contributed by atoms with Crippen molar-refractivity contribution in [3.05, 3.63) is 34.0 Å². The zero-order valence-corrected chi connectivity index (χ0v) is 13.3. The van der Waals surface area contributed by atoms with Crippen LogP contribution in [0.15, 0.2) is 23.1 Å².